The molecule has 0 aliphatic carbocycles. The Bertz CT molecular complexity index is 764. The normalized spacial score (nSPS) is 14.0. The van der Waals surface area contributed by atoms with Gasteiger partial charge in [0.05, 0.1) is 11.4 Å². The molecule has 144 valence electrons. The summed E-state index contributed by atoms with van der Waals surface area (Å²) in [6.45, 7) is 2.75. The minimum absolute atomic E-state index is 0.0650. The fourth-order valence-electron chi connectivity index (χ4n) is 2.82. The molecule has 0 aromatic heterocycles. The first-order valence-corrected chi connectivity index (χ1v) is 10.00. The summed E-state index contributed by atoms with van der Waals surface area (Å²) >= 11 is 0. The molecule has 1 aromatic rings. The maximum atomic E-state index is 12.4. The summed E-state index contributed by atoms with van der Waals surface area (Å²) < 4.78 is 32.0. The van der Waals surface area contributed by atoms with Crippen LogP contribution in [0, 0.1) is 0 Å². The van der Waals surface area contributed by atoms with Gasteiger partial charge in [0, 0.05) is 39.4 Å². The fraction of sp³-hybridized carbons (Fsp3) is 0.529. The summed E-state index contributed by atoms with van der Waals surface area (Å²) in [4.78, 5) is 25.1. The molecule has 0 spiro atoms. The lowest BCUT2D eigenvalue weighted by molar-refractivity contribution is -0.120. The Kier molecular flexibility index (Phi) is 7.13. The van der Waals surface area contributed by atoms with Crippen molar-refractivity contribution in [3.05, 3.63) is 23.8 Å². The van der Waals surface area contributed by atoms with Gasteiger partial charge in [0.15, 0.2) is 0 Å². The molecule has 1 heterocycles. The van der Waals surface area contributed by atoms with Crippen molar-refractivity contribution in [1.29, 1.82) is 0 Å². The zero-order chi connectivity index (χ0) is 19.2. The van der Waals surface area contributed by atoms with E-state index in [0.717, 1.165) is 17.7 Å². The van der Waals surface area contributed by atoms with E-state index in [0.29, 0.717) is 32.5 Å². The molecule has 2 rings (SSSR count). The van der Waals surface area contributed by atoms with E-state index in [1.807, 2.05) is 0 Å². The molecule has 0 fully saturated rings. The maximum absolute atomic E-state index is 12.4. The third-order valence-corrected chi connectivity index (χ3v) is 5.53. The SMILES string of the molecule is COCCCNC(=O)CNS(=O)(=O)c1ccc2c(c1)CCCN2C(C)=O. The van der Waals surface area contributed by atoms with Crippen molar-refractivity contribution in [2.45, 2.75) is 31.1 Å². The molecular weight excluding hydrogens is 358 g/mol. The van der Waals surface area contributed by atoms with Crippen molar-refractivity contribution in [1.82, 2.24) is 10.0 Å². The largest absolute Gasteiger partial charge is 0.385 e. The smallest absolute Gasteiger partial charge is 0.241 e. The number of nitrogens with one attached hydrogen (secondary N) is 2. The average molecular weight is 383 g/mol. The lowest BCUT2D eigenvalue weighted by atomic mass is 10.0. The van der Waals surface area contributed by atoms with E-state index in [2.05, 4.69) is 10.0 Å². The molecule has 2 N–H and O–H groups in total. The minimum Gasteiger partial charge on any atom is -0.385 e. The first-order chi connectivity index (χ1) is 12.3. The third-order valence-electron chi connectivity index (χ3n) is 4.13. The second-order valence-electron chi connectivity index (χ2n) is 6.09. The van der Waals surface area contributed by atoms with E-state index in [1.54, 1.807) is 24.1 Å². The van der Waals surface area contributed by atoms with Crippen LogP contribution >= 0.6 is 0 Å². The summed E-state index contributed by atoms with van der Waals surface area (Å²) in [5.74, 6) is -0.463. The van der Waals surface area contributed by atoms with E-state index >= 15 is 0 Å². The second kappa shape index (κ2) is 9.11. The van der Waals surface area contributed by atoms with Crippen LogP contribution in [0.5, 0.6) is 0 Å². The fourth-order valence-corrected chi connectivity index (χ4v) is 3.85. The van der Waals surface area contributed by atoms with Crippen molar-refractivity contribution in [2.24, 2.45) is 0 Å². The molecule has 0 unspecified atom stereocenters. The van der Waals surface area contributed by atoms with E-state index in [9.17, 15) is 18.0 Å². The van der Waals surface area contributed by atoms with E-state index in [1.165, 1.54) is 13.0 Å². The lowest BCUT2D eigenvalue weighted by Crippen LogP contribution is -2.37. The molecule has 0 atom stereocenters. The number of anilines is 1. The van der Waals surface area contributed by atoms with Gasteiger partial charge in [-0.2, -0.15) is 0 Å². The monoisotopic (exact) mass is 383 g/mol. The Balaban J connectivity index is 2.01. The van der Waals surface area contributed by atoms with Gasteiger partial charge in [0.1, 0.15) is 0 Å². The Morgan fingerprint density at radius 1 is 1.31 bits per heavy atom. The second-order valence-corrected chi connectivity index (χ2v) is 7.85. The van der Waals surface area contributed by atoms with Crippen LogP contribution in [0.25, 0.3) is 0 Å². The predicted molar refractivity (Wildman–Crippen MR) is 97.5 cm³/mol. The quantitative estimate of drug-likeness (QED) is 0.633. The van der Waals surface area contributed by atoms with E-state index in [-0.39, 0.29) is 17.3 Å². The average Bonchev–Trinajstić information content (AvgIpc) is 2.62. The Morgan fingerprint density at radius 3 is 2.77 bits per heavy atom. The minimum atomic E-state index is -3.80. The van der Waals surface area contributed by atoms with Gasteiger partial charge in [0.25, 0.3) is 0 Å². The van der Waals surface area contributed by atoms with Gasteiger partial charge in [-0.25, -0.2) is 13.1 Å². The summed E-state index contributed by atoms with van der Waals surface area (Å²) in [6, 6.07) is 4.68. The highest BCUT2D eigenvalue weighted by Gasteiger charge is 2.23. The highest BCUT2D eigenvalue weighted by molar-refractivity contribution is 7.89. The van der Waals surface area contributed by atoms with Crippen molar-refractivity contribution in [2.75, 3.05) is 38.3 Å². The molecule has 2 amide bonds. The van der Waals surface area contributed by atoms with Gasteiger partial charge in [-0.1, -0.05) is 0 Å². The van der Waals surface area contributed by atoms with Crippen LogP contribution in [0.2, 0.25) is 0 Å². The van der Waals surface area contributed by atoms with E-state index in [4.69, 9.17) is 4.74 Å². The van der Waals surface area contributed by atoms with E-state index < -0.39 is 15.9 Å². The van der Waals surface area contributed by atoms with Gasteiger partial charge in [-0.15, -0.1) is 0 Å². The van der Waals surface area contributed by atoms with Crippen LogP contribution in [0.4, 0.5) is 5.69 Å². The molecule has 0 radical (unpaired) electrons. The molecule has 9 heteroatoms. The van der Waals surface area contributed by atoms with Crippen molar-refractivity contribution in [3.63, 3.8) is 0 Å². The Labute approximate surface area is 153 Å². The molecule has 0 saturated carbocycles. The first kappa shape index (κ1) is 20.3. The highest BCUT2D eigenvalue weighted by atomic mass is 32.2. The Hall–Kier alpha value is -1.97. The number of aryl methyl sites for hydroxylation is 1. The number of amides is 2. The summed E-state index contributed by atoms with van der Waals surface area (Å²) in [5, 5.41) is 2.62. The number of benzene rings is 1. The molecule has 8 nitrogen and oxygen atoms in total. The molecule has 1 aliphatic rings. The summed E-state index contributed by atoms with van der Waals surface area (Å²) in [5.41, 5.74) is 1.57. The van der Waals surface area contributed by atoms with Crippen molar-refractivity contribution >= 4 is 27.5 Å². The first-order valence-electron chi connectivity index (χ1n) is 8.51. The number of fused-ring (bicyclic) bond motifs is 1. The van der Waals surface area contributed by atoms with Gasteiger partial charge in [-0.05, 0) is 43.0 Å². The van der Waals surface area contributed by atoms with Gasteiger partial charge >= 0.3 is 0 Å². The lowest BCUT2D eigenvalue weighted by Gasteiger charge is -2.28. The number of nitrogens with zero attached hydrogens (tertiary/aromatic N) is 1. The van der Waals surface area contributed by atoms with Gasteiger partial charge in [-0.3, -0.25) is 9.59 Å². The standard InChI is InChI=1S/C17H25N3O5S/c1-13(21)20-9-3-5-14-11-15(6-7-16(14)20)26(23,24)19-12-17(22)18-8-4-10-25-2/h6-7,11,19H,3-5,8-10,12H2,1-2H3,(H,18,22). The number of carbonyl (C=O) groups is 2. The molecule has 1 aliphatic heterocycles. The number of methoxy groups -OCH3 is 1. The summed E-state index contributed by atoms with van der Waals surface area (Å²) in [6.07, 6.45) is 2.16. The number of ether oxygens (including phenoxy) is 1. The third kappa shape index (κ3) is 5.26. The zero-order valence-corrected chi connectivity index (χ0v) is 15.9. The molecule has 26 heavy (non-hydrogen) atoms. The highest BCUT2D eigenvalue weighted by Crippen LogP contribution is 2.29. The topological polar surface area (TPSA) is 105 Å². The van der Waals surface area contributed by atoms with Crippen LogP contribution < -0.4 is 14.9 Å². The number of hydrogen-bond acceptors (Lipinski definition) is 5. The predicted octanol–water partition coefficient (Wildman–Crippen LogP) is 0.417. The molecule has 1 aromatic carbocycles. The maximum Gasteiger partial charge on any atom is 0.241 e. The van der Waals surface area contributed by atoms with Crippen molar-refractivity contribution in [3.8, 4) is 0 Å². The number of sulfonamides is 1. The van der Waals surface area contributed by atoms with Crippen molar-refractivity contribution < 1.29 is 22.7 Å². The number of rotatable bonds is 8. The number of hydrogen-bond donors (Lipinski definition) is 2. The van der Waals surface area contributed by atoms with Crippen LogP contribution in [0.1, 0.15) is 25.3 Å². The van der Waals surface area contributed by atoms with Gasteiger partial charge < -0.3 is 15.0 Å². The number of carbonyl (C=O) groups excluding carboxylic acids is 2. The van der Waals surface area contributed by atoms with Gasteiger partial charge in [0.2, 0.25) is 21.8 Å². The summed E-state index contributed by atoms with van der Waals surface area (Å²) in [7, 11) is -2.23. The molecule has 0 saturated heterocycles. The zero-order valence-electron chi connectivity index (χ0n) is 15.1. The van der Waals surface area contributed by atoms with Crippen LogP contribution in [-0.2, 0) is 30.8 Å². The molecular formula is C17H25N3O5S. The van der Waals surface area contributed by atoms with Crippen LogP contribution in [0.15, 0.2) is 23.1 Å². The van der Waals surface area contributed by atoms with Crippen LogP contribution in [-0.4, -0.2) is 53.6 Å². The Morgan fingerprint density at radius 2 is 2.08 bits per heavy atom. The molecule has 0 bridgehead atoms. The van der Waals surface area contributed by atoms with Crippen LogP contribution in [0.3, 0.4) is 0 Å².